The van der Waals surface area contributed by atoms with E-state index in [2.05, 4.69) is 4.98 Å². The monoisotopic (exact) mass is 277 g/mol. The second-order valence-corrected chi connectivity index (χ2v) is 5.16. The highest BCUT2D eigenvalue weighted by Crippen LogP contribution is 2.41. The summed E-state index contributed by atoms with van der Waals surface area (Å²) in [7, 11) is 0. The minimum Gasteiger partial charge on any atom is -0.481 e. The van der Waals surface area contributed by atoms with Crippen molar-refractivity contribution in [1.29, 1.82) is 0 Å². The van der Waals surface area contributed by atoms with Gasteiger partial charge in [0, 0.05) is 10.9 Å². The molecule has 0 bridgehead atoms. The molecule has 0 aliphatic carbocycles. The van der Waals surface area contributed by atoms with Crippen LogP contribution in [0.4, 0.5) is 4.39 Å². The van der Waals surface area contributed by atoms with Crippen LogP contribution in [-0.4, -0.2) is 22.7 Å². The summed E-state index contributed by atoms with van der Waals surface area (Å²) in [5, 5.41) is 9.71. The highest BCUT2D eigenvalue weighted by Gasteiger charge is 2.41. The number of fused-ring (bicyclic) bond motifs is 3. The van der Waals surface area contributed by atoms with Crippen molar-refractivity contribution < 1.29 is 19.0 Å². The Labute approximate surface area is 115 Å². The van der Waals surface area contributed by atoms with E-state index in [0.29, 0.717) is 36.0 Å². The lowest BCUT2D eigenvalue weighted by atomic mass is 9.86. The molecule has 1 aliphatic heterocycles. The lowest BCUT2D eigenvalue weighted by molar-refractivity contribution is -0.148. The number of nitrogens with one attached hydrogen (secondary N) is 1. The average molecular weight is 277 g/mol. The van der Waals surface area contributed by atoms with Crippen LogP contribution in [0.15, 0.2) is 18.2 Å². The highest BCUT2D eigenvalue weighted by atomic mass is 19.1. The Morgan fingerprint density at radius 3 is 3.05 bits per heavy atom. The summed E-state index contributed by atoms with van der Waals surface area (Å²) in [6.07, 6.45) is 1.00. The molecule has 0 amide bonds. The smallest absolute Gasteiger partial charge is 0.306 e. The first kappa shape index (κ1) is 13.1. The van der Waals surface area contributed by atoms with Gasteiger partial charge in [0.1, 0.15) is 11.4 Å². The summed E-state index contributed by atoms with van der Waals surface area (Å²) in [5.74, 6) is -1.19. The van der Waals surface area contributed by atoms with E-state index < -0.39 is 11.6 Å². The van der Waals surface area contributed by atoms with E-state index in [1.165, 1.54) is 6.07 Å². The third kappa shape index (κ3) is 1.81. The first-order valence-corrected chi connectivity index (χ1v) is 6.72. The number of aromatic amines is 1. The topological polar surface area (TPSA) is 62.3 Å². The maximum absolute atomic E-state index is 14.0. The van der Waals surface area contributed by atoms with Crippen molar-refractivity contribution in [3.05, 3.63) is 35.3 Å². The predicted molar refractivity (Wildman–Crippen MR) is 72.1 cm³/mol. The molecule has 1 unspecified atom stereocenters. The molecule has 3 rings (SSSR count). The molecule has 106 valence electrons. The van der Waals surface area contributed by atoms with Gasteiger partial charge in [-0.05, 0) is 30.5 Å². The molecule has 5 heteroatoms. The predicted octanol–water partition coefficient (Wildman–Crippen LogP) is 2.96. The maximum atomic E-state index is 14.0. The van der Waals surface area contributed by atoms with Gasteiger partial charge in [0.25, 0.3) is 0 Å². The molecule has 1 aliphatic rings. The Kier molecular flexibility index (Phi) is 3.01. The Balaban J connectivity index is 2.25. The molecule has 1 aromatic heterocycles. The SMILES string of the molecule is CCC1(CC(=O)O)OCCc2c1[nH]c1cccc(F)c21. The van der Waals surface area contributed by atoms with Crippen molar-refractivity contribution in [1.82, 2.24) is 4.98 Å². The van der Waals surface area contributed by atoms with Gasteiger partial charge in [0.05, 0.1) is 18.7 Å². The minimum absolute atomic E-state index is 0.120. The van der Waals surface area contributed by atoms with E-state index in [4.69, 9.17) is 9.84 Å². The van der Waals surface area contributed by atoms with Gasteiger partial charge < -0.3 is 14.8 Å². The number of hydrogen-bond donors (Lipinski definition) is 2. The first-order valence-electron chi connectivity index (χ1n) is 6.72. The largest absolute Gasteiger partial charge is 0.481 e. The Hall–Kier alpha value is -1.88. The summed E-state index contributed by atoms with van der Waals surface area (Å²) in [6, 6.07) is 4.87. The summed E-state index contributed by atoms with van der Waals surface area (Å²) >= 11 is 0. The number of benzene rings is 1. The van der Waals surface area contributed by atoms with E-state index in [1.807, 2.05) is 6.92 Å². The number of H-pyrrole nitrogens is 1. The van der Waals surface area contributed by atoms with Crippen LogP contribution in [0.25, 0.3) is 10.9 Å². The van der Waals surface area contributed by atoms with Gasteiger partial charge in [0.2, 0.25) is 0 Å². The van der Waals surface area contributed by atoms with Gasteiger partial charge >= 0.3 is 5.97 Å². The van der Waals surface area contributed by atoms with Crippen LogP contribution in [0.5, 0.6) is 0 Å². The molecule has 0 saturated carbocycles. The van der Waals surface area contributed by atoms with Crippen LogP contribution in [-0.2, 0) is 21.6 Å². The van der Waals surface area contributed by atoms with E-state index in [1.54, 1.807) is 12.1 Å². The molecule has 0 spiro atoms. The number of halogens is 1. The minimum atomic E-state index is -0.918. The quantitative estimate of drug-likeness (QED) is 0.906. The Bertz CT molecular complexity index is 679. The highest BCUT2D eigenvalue weighted by molar-refractivity contribution is 5.86. The molecule has 2 heterocycles. The zero-order valence-electron chi connectivity index (χ0n) is 11.2. The molecule has 20 heavy (non-hydrogen) atoms. The van der Waals surface area contributed by atoms with Crippen LogP contribution in [0.1, 0.15) is 31.0 Å². The lowest BCUT2D eigenvalue weighted by Gasteiger charge is -2.35. The molecular weight excluding hydrogens is 261 g/mol. The molecule has 0 fully saturated rings. The second-order valence-electron chi connectivity index (χ2n) is 5.16. The third-order valence-corrected chi connectivity index (χ3v) is 4.07. The Morgan fingerprint density at radius 2 is 2.35 bits per heavy atom. The summed E-state index contributed by atoms with van der Waals surface area (Å²) in [6.45, 7) is 2.30. The zero-order chi connectivity index (χ0) is 14.3. The van der Waals surface area contributed by atoms with Crippen LogP contribution >= 0.6 is 0 Å². The first-order chi connectivity index (χ1) is 9.57. The van der Waals surface area contributed by atoms with Crippen molar-refractivity contribution in [3.8, 4) is 0 Å². The number of rotatable bonds is 3. The number of aromatic nitrogens is 1. The van der Waals surface area contributed by atoms with Gasteiger partial charge in [-0.2, -0.15) is 0 Å². The zero-order valence-corrected chi connectivity index (χ0v) is 11.2. The summed E-state index contributed by atoms with van der Waals surface area (Å²) in [5.41, 5.74) is 1.38. The van der Waals surface area contributed by atoms with Gasteiger partial charge in [-0.1, -0.05) is 13.0 Å². The van der Waals surface area contributed by atoms with E-state index in [9.17, 15) is 9.18 Å². The van der Waals surface area contributed by atoms with Crippen molar-refractivity contribution in [3.63, 3.8) is 0 Å². The van der Waals surface area contributed by atoms with Gasteiger partial charge in [-0.25, -0.2) is 4.39 Å². The van der Waals surface area contributed by atoms with Crippen molar-refractivity contribution >= 4 is 16.9 Å². The molecule has 4 nitrogen and oxygen atoms in total. The molecular formula is C15H16FNO3. The third-order valence-electron chi connectivity index (χ3n) is 4.07. The van der Waals surface area contributed by atoms with E-state index in [0.717, 1.165) is 5.56 Å². The number of ether oxygens (including phenoxy) is 1. The molecule has 2 aromatic rings. The number of carbonyl (C=O) groups is 1. The standard InChI is InChI=1S/C15H16FNO3/c1-2-15(8-12(18)19)14-9(6-7-20-15)13-10(16)4-3-5-11(13)17-14/h3-5,17H,2,6-8H2,1H3,(H,18,19). The second kappa shape index (κ2) is 4.59. The fourth-order valence-electron chi connectivity index (χ4n) is 3.12. The van der Waals surface area contributed by atoms with Gasteiger partial charge in [-0.15, -0.1) is 0 Å². The Morgan fingerprint density at radius 1 is 1.55 bits per heavy atom. The molecule has 0 saturated heterocycles. The summed E-state index contributed by atoms with van der Waals surface area (Å²) in [4.78, 5) is 14.3. The molecule has 1 aromatic carbocycles. The molecule has 1 atom stereocenters. The summed E-state index contributed by atoms with van der Waals surface area (Å²) < 4.78 is 19.8. The van der Waals surface area contributed by atoms with Crippen LogP contribution < -0.4 is 0 Å². The van der Waals surface area contributed by atoms with Gasteiger partial charge in [0.15, 0.2) is 0 Å². The van der Waals surface area contributed by atoms with E-state index >= 15 is 0 Å². The fourth-order valence-corrected chi connectivity index (χ4v) is 3.12. The van der Waals surface area contributed by atoms with Crippen LogP contribution in [0.2, 0.25) is 0 Å². The normalized spacial score (nSPS) is 21.9. The maximum Gasteiger partial charge on any atom is 0.306 e. The number of carboxylic acid groups (broad SMARTS) is 1. The van der Waals surface area contributed by atoms with E-state index in [-0.39, 0.29) is 12.2 Å². The number of carboxylic acids is 1. The van der Waals surface area contributed by atoms with Gasteiger partial charge in [-0.3, -0.25) is 4.79 Å². The lowest BCUT2D eigenvalue weighted by Crippen LogP contribution is -2.37. The number of aliphatic carboxylic acids is 1. The number of hydrogen-bond acceptors (Lipinski definition) is 2. The van der Waals surface area contributed by atoms with Crippen LogP contribution in [0.3, 0.4) is 0 Å². The molecule has 2 N–H and O–H groups in total. The van der Waals surface area contributed by atoms with Crippen molar-refractivity contribution in [2.75, 3.05) is 6.61 Å². The van der Waals surface area contributed by atoms with Crippen LogP contribution in [0, 0.1) is 5.82 Å². The molecule has 0 radical (unpaired) electrons. The van der Waals surface area contributed by atoms with Crippen molar-refractivity contribution in [2.24, 2.45) is 0 Å². The van der Waals surface area contributed by atoms with Crippen molar-refractivity contribution in [2.45, 2.75) is 31.8 Å². The average Bonchev–Trinajstić information content (AvgIpc) is 2.79. The fraction of sp³-hybridized carbons (Fsp3) is 0.400.